The van der Waals surface area contributed by atoms with Gasteiger partial charge in [0.25, 0.3) is 0 Å². The second kappa shape index (κ2) is 6.89. The SMILES string of the molecule is CN1c2ccccc2C(C)(C)C12C=Cc1cc(C(=O)OCCCS)ccc1O2. The highest BCUT2D eigenvalue weighted by molar-refractivity contribution is 7.80. The maximum absolute atomic E-state index is 12.2. The molecule has 2 heterocycles. The number of fused-ring (bicyclic) bond motifs is 2. The number of anilines is 1. The number of ether oxygens (including phenoxy) is 2. The number of benzene rings is 2. The van der Waals surface area contributed by atoms with Gasteiger partial charge in [0.2, 0.25) is 5.72 Å². The summed E-state index contributed by atoms with van der Waals surface area (Å²) in [5, 5.41) is 0. The number of hydrogen-bond acceptors (Lipinski definition) is 5. The van der Waals surface area contributed by atoms with Crippen LogP contribution < -0.4 is 9.64 Å². The van der Waals surface area contributed by atoms with E-state index in [1.807, 2.05) is 18.2 Å². The van der Waals surface area contributed by atoms with Crippen molar-refractivity contribution in [3.8, 4) is 5.75 Å². The summed E-state index contributed by atoms with van der Waals surface area (Å²) in [5.74, 6) is 1.15. The molecule has 0 bridgehead atoms. The molecular formula is C23H25NO3S. The van der Waals surface area contributed by atoms with Gasteiger partial charge in [-0.2, -0.15) is 12.6 Å². The molecule has 146 valence electrons. The zero-order chi connectivity index (χ0) is 19.9. The zero-order valence-corrected chi connectivity index (χ0v) is 17.3. The first-order chi connectivity index (χ1) is 13.4. The monoisotopic (exact) mass is 395 g/mol. The molecule has 2 aliphatic heterocycles. The average Bonchev–Trinajstić information content (AvgIpc) is 2.86. The average molecular weight is 396 g/mol. The molecule has 0 radical (unpaired) electrons. The Morgan fingerprint density at radius 3 is 2.75 bits per heavy atom. The van der Waals surface area contributed by atoms with Crippen LogP contribution in [0.3, 0.4) is 0 Å². The molecule has 2 aliphatic rings. The third-order valence-corrected chi connectivity index (χ3v) is 6.18. The second-order valence-corrected chi connectivity index (χ2v) is 8.25. The highest BCUT2D eigenvalue weighted by atomic mass is 32.1. The Hall–Kier alpha value is -2.40. The fourth-order valence-corrected chi connectivity index (χ4v) is 4.35. The topological polar surface area (TPSA) is 38.8 Å². The van der Waals surface area contributed by atoms with Crippen LogP contribution in [0.4, 0.5) is 5.69 Å². The van der Waals surface area contributed by atoms with E-state index in [1.54, 1.807) is 6.07 Å². The summed E-state index contributed by atoms with van der Waals surface area (Å²) in [4.78, 5) is 14.4. The molecule has 1 atom stereocenters. The molecule has 0 fully saturated rings. The lowest BCUT2D eigenvalue weighted by atomic mass is 9.76. The normalized spacial score (nSPS) is 21.2. The van der Waals surface area contributed by atoms with E-state index in [0.29, 0.717) is 17.9 Å². The van der Waals surface area contributed by atoms with Crippen molar-refractivity contribution in [3.63, 3.8) is 0 Å². The Kier molecular flexibility index (Phi) is 4.66. The molecule has 0 saturated heterocycles. The Balaban J connectivity index is 1.65. The van der Waals surface area contributed by atoms with Gasteiger partial charge in [-0.25, -0.2) is 4.79 Å². The van der Waals surface area contributed by atoms with Gasteiger partial charge in [-0.3, -0.25) is 0 Å². The first-order valence-corrected chi connectivity index (χ1v) is 10.2. The Morgan fingerprint density at radius 1 is 1.21 bits per heavy atom. The van der Waals surface area contributed by atoms with Crippen LogP contribution in [0, 0.1) is 0 Å². The number of carbonyl (C=O) groups is 1. The summed E-state index contributed by atoms with van der Waals surface area (Å²) in [7, 11) is 2.07. The summed E-state index contributed by atoms with van der Waals surface area (Å²) in [6.45, 7) is 4.79. The van der Waals surface area contributed by atoms with Crippen molar-refractivity contribution in [1.29, 1.82) is 0 Å². The van der Waals surface area contributed by atoms with Crippen molar-refractivity contribution in [2.75, 3.05) is 24.3 Å². The molecule has 0 aliphatic carbocycles. The van der Waals surface area contributed by atoms with Crippen molar-refractivity contribution in [2.45, 2.75) is 31.4 Å². The Labute approximate surface area is 171 Å². The van der Waals surface area contributed by atoms with Crippen molar-refractivity contribution in [1.82, 2.24) is 0 Å². The lowest BCUT2D eigenvalue weighted by molar-refractivity contribution is 0.0504. The molecular weight excluding hydrogens is 370 g/mol. The van der Waals surface area contributed by atoms with Crippen molar-refractivity contribution < 1.29 is 14.3 Å². The number of thiol groups is 1. The van der Waals surface area contributed by atoms with Gasteiger partial charge in [0, 0.05) is 18.3 Å². The maximum atomic E-state index is 12.2. The van der Waals surface area contributed by atoms with Crippen LogP contribution in [-0.4, -0.2) is 31.1 Å². The maximum Gasteiger partial charge on any atom is 0.338 e. The van der Waals surface area contributed by atoms with Crippen LogP contribution in [0.1, 0.15) is 41.8 Å². The molecule has 4 rings (SSSR count). The molecule has 0 N–H and O–H groups in total. The first kappa shape index (κ1) is 18.9. The molecule has 1 unspecified atom stereocenters. The second-order valence-electron chi connectivity index (χ2n) is 7.80. The molecule has 0 saturated carbocycles. The predicted octanol–water partition coefficient (Wildman–Crippen LogP) is 4.69. The summed E-state index contributed by atoms with van der Waals surface area (Å²) in [6, 6.07) is 13.9. The molecule has 5 heteroatoms. The number of esters is 1. The summed E-state index contributed by atoms with van der Waals surface area (Å²) >= 11 is 4.13. The summed E-state index contributed by atoms with van der Waals surface area (Å²) < 4.78 is 11.9. The van der Waals surface area contributed by atoms with Gasteiger partial charge < -0.3 is 14.4 Å². The molecule has 0 amide bonds. The molecule has 0 aromatic heterocycles. The third-order valence-electron chi connectivity index (χ3n) is 5.87. The van der Waals surface area contributed by atoms with Gasteiger partial charge in [-0.1, -0.05) is 18.2 Å². The van der Waals surface area contributed by atoms with Crippen LogP contribution in [-0.2, 0) is 10.2 Å². The smallest absolute Gasteiger partial charge is 0.338 e. The van der Waals surface area contributed by atoms with Gasteiger partial charge >= 0.3 is 5.97 Å². The van der Waals surface area contributed by atoms with Crippen LogP contribution in [0.15, 0.2) is 48.5 Å². The van der Waals surface area contributed by atoms with E-state index < -0.39 is 5.72 Å². The van der Waals surface area contributed by atoms with Gasteiger partial charge in [0.15, 0.2) is 0 Å². The van der Waals surface area contributed by atoms with Gasteiger partial charge in [0.05, 0.1) is 17.6 Å². The highest BCUT2D eigenvalue weighted by Crippen LogP contribution is 2.54. The largest absolute Gasteiger partial charge is 0.463 e. The predicted molar refractivity (Wildman–Crippen MR) is 115 cm³/mol. The quantitative estimate of drug-likeness (QED) is 0.463. The van der Waals surface area contributed by atoms with E-state index in [4.69, 9.17) is 9.47 Å². The van der Waals surface area contributed by atoms with E-state index in [9.17, 15) is 4.79 Å². The summed E-state index contributed by atoms with van der Waals surface area (Å²) in [6.07, 6.45) is 4.89. The van der Waals surface area contributed by atoms with E-state index in [2.05, 4.69) is 68.8 Å². The van der Waals surface area contributed by atoms with Crippen molar-refractivity contribution >= 4 is 30.4 Å². The van der Waals surface area contributed by atoms with Gasteiger partial charge in [-0.05, 0) is 68.0 Å². The Morgan fingerprint density at radius 2 is 2.00 bits per heavy atom. The van der Waals surface area contributed by atoms with Crippen LogP contribution >= 0.6 is 12.6 Å². The van der Waals surface area contributed by atoms with E-state index >= 15 is 0 Å². The third kappa shape index (κ3) is 2.72. The minimum absolute atomic E-state index is 0.239. The number of hydrogen-bond donors (Lipinski definition) is 1. The van der Waals surface area contributed by atoms with Crippen molar-refractivity contribution in [3.05, 3.63) is 65.2 Å². The number of nitrogens with zero attached hydrogens (tertiary/aromatic N) is 1. The molecule has 28 heavy (non-hydrogen) atoms. The van der Waals surface area contributed by atoms with E-state index in [1.165, 1.54) is 11.3 Å². The molecule has 2 aromatic carbocycles. The molecule has 1 spiro atoms. The minimum Gasteiger partial charge on any atom is -0.463 e. The summed E-state index contributed by atoms with van der Waals surface area (Å²) in [5.41, 5.74) is 2.99. The molecule has 4 nitrogen and oxygen atoms in total. The fraction of sp³-hybridized carbons (Fsp3) is 0.348. The minimum atomic E-state index is -0.613. The molecule has 2 aromatic rings. The number of rotatable bonds is 4. The lowest BCUT2D eigenvalue weighted by Crippen LogP contribution is -2.58. The fourth-order valence-electron chi connectivity index (χ4n) is 4.22. The zero-order valence-electron chi connectivity index (χ0n) is 16.4. The number of likely N-dealkylation sites (N-methyl/N-ethyl adjacent to an activating group) is 1. The van der Waals surface area contributed by atoms with Crippen molar-refractivity contribution in [2.24, 2.45) is 0 Å². The van der Waals surface area contributed by atoms with Crippen LogP contribution in [0.5, 0.6) is 5.75 Å². The Bertz CT molecular complexity index is 953. The van der Waals surface area contributed by atoms with E-state index in [-0.39, 0.29) is 11.4 Å². The first-order valence-electron chi connectivity index (χ1n) is 9.54. The van der Waals surface area contributed by atoms with Gasteiger partial charge in [-0.15, -0.1) is 0 Å². The lowest BCUT2D eigenvalue weighted by Gasteiger charge is -2.45. The van der Waals surface area contributed by atoms with Gasteiger partial charge in [0.1, 0.15) is 5.75 Å². The highest BCUT2D eigenvalue weighted by Gasteiger charge is 2.57. The number of carbonyl (C=O) groups excluding carboxylic acids is 1. The van der Waals surface area contributed by atoms with Crippen LogP contribution in [0.25, 0.3) is 6.08 Å². The standard InChI is InChI=1S/C23H25NO3S/c1-22(2)18-7-4-5-8-19(18)24(3)23(22)12-11-16-15-17(9-10-20(16)27-23)21(25)26-13-6-14-28/h4-5,7-12,15,28H,6,13-14H2,1-3H3. The number of para-hydroxylation sites is 1. The van der Waals surface area contributed by atoms with Crippen LogP contribution in [0.2, 0.25) is 0 Å². The van der Waals surface area contributed by atoms with E-state index in [0.717, 1.165) is 17.7 Å².